The lowest BCUT2D eigenvalue weighted by Gasteiger charge is -2.19. The Morgan fingerprint density at radius 3 is 2.28 bits per heavy atom. The van der Waals surface area contributed by atoms with Crippen LogP contribution in [0.1, 0.15) is 50.0 Å². The van der Waals surface area contributed by atoms with Crippen LogP contribution in [-0.4, -0.2) is 35.2 Å². The first-order valence-electron chi connectivity index (χ1n) is 9.34. The van der Waals surface area contributed by atoms with E-state index in [0.717, 1.165) is 32.1 Å². The second-order valence-electron chi connectivity index (χ2n) is 7.50. The molecule has 2 aliphatic carbocycles. The molecule has 132 valence electrons. The Morgan fingerprint density at radius 2 is 1.64 bits per heavy atom. The van der Waals surface area contributed by atoms with Crippen molar-refractivity contribution in [2.24, 2.45) is 11.8 Å². The Bertz CT molecular complexity index is 663. The zero-order valence-corrected chi connectivity index (χ0v) is 14.3. The van der Waals surface area contributed by atoms with Crippen molar-refractivity contribution in [1.29, 1.82) is 0 Å². The molecule has 1 N–H and O–H groups in total. The van der Waals surface area contributed by atoms with Crippen LogP contribution in [0.25, 0.3) is 0 Å². The minimum absolute atomic E-state index is 0.0592. The molecule has 2 saturated carbocycles. The smallest absolute Gasteiger partial charge is 0.233 e. The Hall–Kier alpha value is -2.17. The first kappa shape index (κ1) is 16.3. The predicted molar refractivity (Wildman–Crippen MR) is 92.5 cm³/mol. The standard InChI is InChI=1S/C20H24N2O3/c23-18(21-17-12-16(17)13-6-2-1-3-7-13)10-11-22-19(24)14-8-4-5-9-15(14)20(22)25/h1-3,6-7,14-17H,4-5,8-12H2,(H,21,23)/t14-,15+,16-,17-/m1/s1. The molecule has 1 aromatic rings. The number of nitrogens with zero attached hydrogens (tertiary/aromatic N) is 1. The van der Waals surface area contributed by atoms with E-state index in [1.807, 2.05) is 18.2 Å². The number of carbonyl (C=O) groups is 3. The summed E-state index contributed by atoms with van der Waals surface area (Å²) in [4.78, 5) is 38.3. The maximum atomic E-state index is 12.4. The summed E-state index contributed by atoms with van der Waals surface area (Å²) in [7, 11) is 0. The fourth-order valence-corrected chi connectivity index (χ4v) is 4.37. The number of hydrogen-bond donors (Lipinski definition) is 1. The van der Waals surface area contributed by atoms with E-state index in [1.54, 1.807) is 0 Å². The van der Waals surface area contributed by atoms with Crippen LogP contribution in [0.3, 0.4) is 0 Å². The first-order chi connectivity index (χ1) is 12.1. The van der Waals surface area contributed by atoms with Gasteiger partial charge in [0.25, 0.3) is 0 Å². The molecule has 1 aliphatic heterocycles. The first-order valence-corrected chi connectivity index (χ1v) is 9.34. The van der Waals surface area contributed by atoms with Crippen molar-refractivity contribution in [2.75, 3.05) is 6.54 Å². The summed E-state index contributed by atoms with van der Waals surface area (Å²) < 4.78 is 0. The van der Waals surface area contributed by atoms with Crippen molar-refractivity contribution >= 4 is 17.7 Å². The molecule has 1 aromatic carbocycles. The Morgan fingerprint density at radius 1 is 1.00 bits per heavy atom. The summed E-state index contributed by atoms with van der Waals surface area (Å²) in [5.74, 6) is -0.0560. The van der Waals surface area contributed by atoms with Gasteiger partial charge in [0.15, 0.2) is 0 Å². The second kappa shape index (κ2) is 6.62. The largest absolute Gasteiger partial charge is 0.353 e. The molecule has 1 heterocycles. The van der Waals surface area contributed by atoms with Gasteiger partial charge in [0.1, 0.15) is 0 Å². The zero-order valence-electron chi connectivity index (χ0n) is 14.3. The number of benzene rings is 1. The fourth-order valence-electron chi connectivity index (χ4n) is 4.37. The number of amides is 3. The van der Waals surface area contributed by atoms with E-state index in [9.17, 15) is 14.4 Å². The molecule has 4 rings (SSSR count). The van der Waals surface area contributed by atoms with E-state index in [2.05, 4.69) is 17.4 Å². The molecular weight excluding hydrogens is 316 g/mol. The van der Waals surface area contributed by atoms with E-state index in [1.165, 1.54) is 10.5 Å². The number of imide groups is 1. The van der Waals surface area contributed by atoms with Crippen LogP contribution >= 0.6 is 0 Å². The molecule has 3 fully saturated rings. The molecule has 0 bridgehead atoms. The van der Waals surface area contributed by atoms with Gasteiger partial charge < -0.3 is 5.32 Å². The van der Waals surface area contributed by atoms with Crippen molar-refractivity contribution in [2.45, 2.75) is 50.5 Å². The highest BCUT2D eigenvalue weighted by molar-refractivity contribution is 6.05. The maximum Gasteiger partial charge on any atom is 0.233 e. The molecule has 0 unspecified atom stereocenters. The van der Waals surface area contributed by atoms with Gasteiger partial charge in [-0.25, -0.2) is 0 Å². The highest BCUT2D eigenvalue weighted by atomic mass is 16.2. The van der Waals surface area contributed by atoms with Gasteiger partial charge in [-0.2, -0.15) is 0 Å². The van der Waals surface area contributed by atoms with Gasteiger partial charge in [0.05, 0.1) is 11.8 Å². The number of fused-ring (bicyclic) bond motifs is 1. The van der Waals surface area contributed by atoms with Crippen LogP contribution in [0.4, 0.5) is 0 Å². The van der Waals surface area contributed by atoms with E-state index < -0.39 is 0 Å². The van der Waals surface area contributed by atoms with Gasteiger partial charge in [-0.05, 0) is 24.8 Å². The highest BCUT2D eigenvalue weighted by Crippen LogP contribution is 2.41. The second-order valence-corrected chi connectivity index (χ2v) is 7.50. The molecule has 1 saturated heterocycles. The average Bonchev–Trinajstić information content (AvgIpc) is 3.36. The van der Waals surface area contributed by atoms with E-state index in [-0.39, 0.29) is 48.6 Å². The molecule has 25 heavy (non-hydrogen) atoms. The molecule has 3 amide bonds. The van der Waals surface area contributed by atoms with Gasteiger partial charge in [-0.15, -0.1) is 0 Å². The molecule has 3 aliphatic rings. The lowest BCUT2D eigenvalue weighted by Crippen LogP contribution is -2.36. The minimum Gasteiger partial charge on any atom is -0.353 e. The van der Waals surface area contributed by atoms with E-state index in [0.29, 0.717) is 5.92 Å². The summed E-state index contributed by atoms with van der Waals surface area (Å²) in [5, 5.41) is 3.03. The molecule has 4 atom stereocenters. The molecule has 5 nitrogen and oxygen atoms in total. The predicted octanol–water partition coefficient (Wildman–Crippen LogP) is 2.22. The van der Waals surface area contributed by atoms with Gasteiger partial charge in [-0.1, -0.05) is 43.2 Å². The van der Waals surface area contributed by atoms with Crippen molar-refractivity contribution in [3.8, 4) is 0 Å². The minimum atomic E-state index is -0.129. The number of carbonyl (C=O) groups excluding carboxylic acids is 3. The molecular formula is C20H24N2O3. The van der Waals surface area contributed by atoms with Crippen LogP contribution in [-0.2, 0) is 14.4 Å². The normalized spacial score (nSPS) is 31.0. The van der Waals surface area contributed by atoms with Gasteiger partial charge >= 0.3 is 0 Å². The Kier molecular flexibility index (Phi) is 4.32. The quantitative estimate of drug-likeness (QED) is 0.836. The van der Waals surface area contributed by atoms with Gasteiger partial charge in [-0.3, -0.25) is 19.3 Å². The topological polar surface area (TPSA) is 66.5 Å². The van der Waals surface area contributed by atoms with Crippen molar-refractivity contribution in [1.82, 2.24) is 10.2 Å². The number of nitrogens with one attached hydrogen (secondary N) is 1. The van der Waals surface area contributed by atoms with Gasteiger partial charge in [0, 0.05) is 24.9 Å². The van der Waals surface area contributed by atoms with Crippen molar-refractivity contribution in [3.63, 3.8) is 0 Å². The third-order valence-electron chi connectivity index (χ3n) is 5.86. The summed E-state index contributed by atoms with van der Waals surface area (Å²) in [6.45, 7) is 0.221. The molecule has 0 spiro atoms. The third-order valence-corrected chi connectivity index (χ3v) is 5.86. The summed E-state index contributed by atoms with van der Waals surface area (Å²) in [6, 6.07) is 10.4. The lowest BCUT2D eigenvalue weighted by atomic mass is 9.81. The molecule has 0 aromatic heterocycles. The van der Waals surface area contributed by atoms with Crippen LogP contribution < -0.4 is 5.32 Å². The average molecular weight is 340 g/mol. The Labute approximate surface area is 147 Å². The Balaban J connectivity index is 1.27. The summed E-state index contributed by atoms with van der Waals surface area (Å²) in [6.07, 6.45) is 4.85. The third kappa shape index (κ3) is 3.20. The number of likely N-dealkylation sites (tertiary alicyclic amines) is 1. The van der Waals surface area contributed by atoms with Crippen molar-refractivity contribution < 1.29 is 14.4 Å². The zero-order chi connectivity index (χ0) is 17.4. The number of hydrogen-bond acceptors (Lipinski definition) is 3. The van der Waals surface area contributed by atoms with Crippen LogP contribution in [0.2, 0.25) is 0 Å². The SMILES string of the molecule is O=C(CCN1C(=O)[C@H]2CCCC[C@H]2C1=O)N[C@@H]1C[C@@H]1c1ccccc1. The summed E-state index contributed by atoms with van der Waals surface area (Å²) >= 11 is 0. The van der Waals surface area contributed by atoms with Gasteiger partial charge in [0.2, 0.25) is 17.7 Å². The fraction of sp³-hybridized carbons (Fsp3) is 0.550. The van der Waals surface area contributed by atoms with Crippen LogP contribution in [0.15, 0.2) is 30.3 Å². The molecule has 5 heteroatoms. The van der Waals surface area contributed by atoms with E-state index in [4.69, 9.17) is 0 Å². The molecule has 0 radical (unpaired) electrons. The van der Waals surface area contributed by atoms with Crippen LogP contribution in [0.5, 0.6) is 0 Å². The maximum absolute atomic E-state index is 12.4. The highest BCUT2D eigenvalue weighted by Gasteiger charge is 2.48. The monoisotopic (exact) mass is 340 g/mol. The van der Waals surface area contributed by atoms with E-state index >= 15 is 0 Å². The summed E-state index contributed by atoms with van der Waals surface area (Å²) in [5.41, 5.74) is 1.25. The van der Waals surface area contributed by atoms with Crippen LogP contribution in [0, 0.1) is 11.8 Å². The van der Waals surface area contributed by atoms with Crippen molar-refractivity contribution in [3.05, 3.63) is 35.9 Å². The number of rotatable bonds is 5. The lowest BCUT2D eigenvalue weighted by molar-refractivity contribution is -0.140.